The van der Waals surface area contributed by atoms with Gasteiger partial charge in [-0.05, 0) is 37.1 Å². The monoisotopic (exact) mass is 237 g/mol. The normalized spacial score (nSPS) is 10.2. The van der Waals surface area contributed by atoms with Crippen LogP contribution >= 0.6 is 0 Å². The molecule has 4 heteroatoms. The number of carboxylic acids is 1. The fraction of sp³-hybridized carbons (Fsp3) is 0.462. The highest BCUT2D eigenvalue weighted by atomic mass is 16.5. The van der Waals surface area contributed by atoms with Crippen LogP contribution in [-0.4, -0.2) is 30.8 Å². The zero-order valence-corrected chi connectivity index (χ0v) is 10.1. The molecule has 94 valence electrons. The Balaban J connectivity index is 2.21. The van der Waals surface area contributed by atoms with Gasteiger partial charge in [-0.2, -0.15) is 0 Å². The highest BCUT2D eigenvalue weighted by Gasteiger charge is 2.00. The van der Waals surface area contributed by atoms with Gasteiger partial charge in [-0.1, -0.05) is 6.92 Å². The van der Waals surface area contributed by atoms with Crippen molar-refractivity contribution < 1.29 is 14.6 Å². The average Bonchev–Trinajstić information content (AvgIpc) is 2.34. The van der Waals surface area contributed by atoms with E-state index in [1.165, 1.54) is 0 Å². The summed E-state index contributed by atoms with van der Waals surface area (Å²) >= 11 is 0. The molecule has 0 unspecified atom stereocenters. The van der Waals surface area contributed by atoms with Crippen LogP contribution in [0.25, 0.3) is 0 Å². The van der Waals surface area contributed by atoms with Crippen molar-refractivity contribution in [3.05, 3.63) is 29.8 Å². The molecule has 0 fully saturated rings. The smallest absolute Gasteiger partial charge is 0.335 e. The van der Waals surface area contributed by atoms with Crippen LogP contribution in [0.15, 0.2) is 24.3 Å². The summed E-state index contributed by atoms with van der Waals surface area (Å²) in [6, 6.07) is 6.74. The van der Waals surface area contributed by atoms with Crippen LogP contribution in [-0.2, 0) is 4.74 Å². The third kappa shape index (κ3) is 5.36. The first kappa shape index (κ1) is 13.5. The van der Waals surface area contributed by atoms with Crippen molar-refractivity contribution >= 4 is 11.7 Å². The van der Waals surface area contributed by atoms with E-state index >= 15 is 0 Å². The Kier molecular flexibility index (Phi) is 6.10. The molecule has 0 saturated heterocycles. The van der Waals surface area contributed by atoms with Crippen molar-refractivity contribution in [2.24, 2.45) is 0 Å². The van der Waals surface area contributed by atoms with Crippen molar-refractivity contribution in [1.82, 2.24) is 0 Å². The van der Waals surface area contributed by atoms with E-state index in [2.05, 4.69) is 12.2 Å². The van der Waals surface area contributed by atoms with Crippen molar-refractivity contribution in [2.75, 3.05) is 25.1 Å². The first-order valence-corrected chi connectivity index (χ1v) is 5.89. The standard InChI is InChI=1S/C13H19NO3/c1-2-9-17-10-3-8-14-12-6-4-11(5-7-12)13(15)16/h4-7,14H,2-3,8-10H2,1H3,(H,15,16). The average molecular weight is 237 g/mol. The summed E-state index contributed by atoms with van der Waals surface area (Å²) in [4.78, 5) is 10.6. The number of carbonyl (C=O) groups is 1. The maximum atomic E-state index is 10.6. The second-order valence-electron chi connectivity index (χ2n) is 3.78. The van der Waals surface area contributed by atoms with Gasteiger partial charge in [-0.3, -0.25) is 0 Å². The second-order valence-corrected chi connectivity index (χ2v) is 3.78. The van der Waals surface area contributed by atoms with E-state index in [4.69, 9.17) is 9.84 Å². The molecule has 17 heavy (non-hydrogen) atoms. The molecule has 0 aliphatic heterocycles. The van der Waals surface area contributed by atoms with Crippen molar-refractivity contribution in [3.63, 3.8) is 0 Å². The van der Waals surface area contributed by atoms with Crippen molar-refractivity contribution in [2.45, 2.75) is 19.8 Å². The Morgan fingerprint density at radius 1 is 1.29 bits per heavy atom. The van der Waals surface area contributed by atoms with Gasteiger partial charge in [0.05, 0.1) is 5.56 Å². The zero-order chi connectivity index (χ0) is 12.5. The first-order valence-electron chi connectivity index (χ1n) is 5.89. The summed E-state index contributed by atoms with van der Waals surface area (Å²) < 4.78 is 5.35. The van der Waals surface area contributed by atoms with Gasteiger partial charge in [0.15, 0.2) is 0 Å². The van der Waals surface area contributed by atoms with Gasteiger partial charge in [0.1, 0.15) is 0 Å². The van der Waals surface area contributed by atoms with Crippen molar-refractivity contribution in [3.8, 4) is 0 Å². The second kappa shape index (κ2) is 7.68. The van der Waals surface area contributed by atoms with Crippen molar-refractivity contribution in [1.29, 1.82) is 0 Å². The Bertz CT molecular complexity index is 335. The molecule has 0 aliphatic carbocycles. The lowest BCUT2D eigenvalue weighted by molar-refractivity contribution is 0.0697. The number of hydrogen-bond acceptors (Lipinski definition) is 3. The summed E-state index contributed by atoms with van der Waals surface area (Å²) in [7, 11) is 0. The molecule has 4 nitrogen and oxygen atoms in total. The van der Waals surface area contributed by atoms with Crippen LogP contribution < -0.4 is 5.32 Å². The number of hydrogen-bond donors (Lipinski definition) is 2. The third-order valence-corrected chi connectivity index (χ3v) is 2.27. The van der Waals surface area contributed by atoms with E-state index in [1.54, 1.807) is 24.3 Å². The fourth-order valence-electron chi connectivity index (χ4n) is 1.38. The van der Waals surface area contributed by atoms with Gasteiger partial charge < -0.3 is 15.2 Å². The predicted octanol–water partition coefficient (Wildman–Crippen LogP) is 2.61. The largest absolute Gasteiger partial charge is 0.478 e. The van der Waals surface area contributed by atoms with Gasteiger partial charge >= 0.3 is 5.97 Å². The molecular formula is C13H19NO3. The lowest BCUT2D eigenvalue weighted by atomic mass is 10.2. The molecule has 0 saturated carbocycles. The minimum Gasteiger partial charge on any atom is -0.478 e. The SMILES string of the molecule is CCCOCCCNc1ccc(C(=O)O)cc1. The summed E-state index contributed by atoms with van der Waals surface area (Å²) in [5.41, 5.74) is 1.24. The lowest BCUT2D eigenvalue weighted by Gasteiger charge is -2.06. The molecule has 1 aromatic carbocycles. The Morgan fingerprint density at radius 2 is 2.00 bits per heavy atom. The topological polar surface area (TPSA) is 58.6 Å². The molecular weight excluding hydrogens is 218 g/mol. The number of ether oxygens (including phenoxy) is 1. The van der Waals surface area contributed by atoms with Crippen LogP contribution in [0.3, 0.4) is 0 Å². The van der Waals surface area contributed by atoms with Gasteiger partial charge in [-0.15, -0.1) is 0 Å². The van der Waals surface area contributed by atoms with E-state index in [9.17, 15) is 4.79 Å². The van der Waals surface area contributed by atoms with Gasteiger partial charge in [0, 0.05) is 25.4 Å². The summed E-state index contributed by atoms with van der Waals surface area (Å²) in [5, 5.41) is 12.0. The molecule has 0 amide bonds. The number of nitrogens with one attached hydrogen (secondary N) is 1. The third-order valence-electron chi connectivity index (χ3n) is 2.27. The van der Waals surface area contributed by atoms with E-state index in [1.807, 2.05) is 0 Å². The maximum absolute atomic E-state index is 10.6. The number of anilines is 1. The zero-order valence-electron chi connectivity index (χ0n) is 10.1. The molecule has 0 aromatic heterocycles. The maximum Gasteiger partial charge on any atom is 0.335 e. The molecule has 0 atom stereocenters. The molecule has 0 spiro atoms. The summed E-state index contributed by atoms with van der Waals surface area (Å²) in [5.74, 6) is -0.899. The first-order chi connectivity index (χ1) is 8.24. The number of aromatic carboxylic acids is 1. The number of carboxylic acid groups (broad SMARTS) is 1. The quantitative estimate of drug-likeness (QED) is 0.682. The summed E-state index contributed by atoms with van der Waals surface area (Å²) in [6.07, 6.45) is 1.99. The lowest BCUT2D eigenvalue weighted by Crippen LogP contribution is -2.06. The van der Waals surface area contributed by atoms with Crippen LogP contribution in [0.1, 0.15) is 30.1 Å². The highest BCUT2D eigenvalue weighted by molar-refractivity contribution is 5.87. The van der Waals surface area contributed by atoms with Crippen LogP contribution in [0.5, 0.6) is 0 Å². The molecule has 1 aromatic rings. The Morgan fingerprint density at radius 3 is 2.59 bits per heavy atom. The van der Waals surface area contributed by atoms with Crippen LogP contribution in [0, 0.1) is 0 Å². The van der Waals surface area contributed by atoms with Gasteiger partial charge in [0.2, 0.25) is 0 Å². The number of rotatable bonds is 8. The van der Waals surface area contributed by atoms with E-state index in [0.29, 0.717) is 5.56 Å². The van der Waals surface area contributed by atoms with E-state index in [0.717, 1.165) is 38.3 Å². The molecule has 0 heterocycles. The Hall–Kier alpha value is -1.55. The molecule has 2 N–H and O–H groups in total. The highest BCUT2D eigenvalue weighted by Crippen LogP contribution is 2.09. The van der Waals surface area contributed by atoms with E-state index in [-0.39, 0.29) is 0 Å². The molecule has 0 bridgehead atoms. The fourth-order valence-corrected chi connectivity index (χ4v) is 1.38. The molecule has 1 rings (SSSR count). The predicted molar refractivity (Wildman–Crippen MR) is 67.6 cm³/mol. The minimum absolute atomic E-state index is 0.307. The summed E-state index contributed by atoms with van der Waals surface area (Å²) in [6.45, 7) is 4.49. The Labute approximate surface area is 102 Å². The van der Waals surface area contributed by atoms with E-state index < -0.39 is 5.97 Å². The number of benzene rings is 1. The van der Waals surface area contributed by atoms with Crippen LogP contribution in [0.4, 0.5) is 5.69 Å². The van der Waals surface area contributed by atoms with Crippen LogP contribution in [0.2, 0.25) is 0 Å². The minimum atomic E-state index is -0.899. The van der Waals surface area contributed by atoms with Gasteiger partial charge in [0.25, 0.3) is 0 Å². The molecule has 0 aliphatic rings. The van der Waals surface area contributed by atoms with Gasteiger partial charge in [-0.25, -0.2) is 4.79 Å². The molecule has 0 radical (unpaired) electrons.